The van der Waals surface area contributed by atoms with Crippen molar-refractivity contribution in [2.45, 2.75) is 18.7 Å². The first kappa shape index (κ1) is 20.8. The predicted octanol–water partition coefficient (Wildman–Crippen LogP) is 4.07. The molecular weight excluding hydrogens is 380 g/mol. The molecule has 26 heavy (non-hydrogen) atoms. The molecule has 0 amide bonds. The number of carboxylic acid groups (broad SMARTS) is 1. The van der Waals surface area contributed by atoms with E-state index in [1.807, 2.05) is 30.3 Å². The first-order valence-corrected chi connectivity index (χ1v) is 7.68. The monoisotopic (exact) mass is 392 g/mol. The number of rotatable bonds is 3. The second-order valence-corrected chi connectivity index (χ2v) is 6.00. The fraction of sp³-hybridized carbons (Fsp3) is 0.167. The summed E-state index contributed by atoms with van der Waals surface area (Å²) in [7, 11) is 0. The molecule has 0 aromatic heterocycles. The summed E-state index contributed by atoms with van der Waals surface area (Å²) < 4.78 is 44.3. The van der Waals surface area contributed by atoms with Gasteiger partial charge in [0.2, 0.25) is 6.10 Å². The van der Waals surface area contributed by atoms with Crippen LogP contribution in [0.2, 0.25) is 5.02 Å². The molecule has 132 valence electrons. The van der Waals surface area contributed by atoms with Crippen LogP contribution < -0.4 is 4.74 Å². The van der Waals surface area contributed by atoms with Crippen LogP contribution in [-0.2, 0) is 11.2 Å². The van der Waals surface area contributed by atoms with E-state index in [-0.39, 0.29) is 40.9 Å². The summed E-state index contributed by atoms with van der Waals surface area (Å²) in [6.45, 7) is 0. The molecule has 0 fully saturated rings. The topological polar surface area (TPSA) is 46.5 Å². The second-order valence-electron chi connectivity index (χ2n) is 5.59. The van der Waals surface area contributed by atoms with Gasteiger partial charge in [0.25, 0.3) is 0 Å². The average Bonchev–Trinajstić information content (AvgIpc) is 2.54. The fourth-order valence-corrected chi connectivity index (χ4v) is 2.87. The van der Waals surface area contributed by atoms with Gasteiger partial charge in [-0.2, -0.15) is 13.2 Å². The van der Waals surface area contributed by atoms with Crippen LogP contribution in [0.3, 0.4) is 0 Å². The Labute approximate surface area is 174 Å². The predicted molar refractivity (Wildman–Crippen MR) is 93.9 cm³/mol. The van der Waals surface area contributed by atoms with Crippen molar-refractivity contribution in [2.75, 3.05) is 0 Å². The van der Waals surface area contributed by atoms with E-state index >= 15 is 0 Å². The zero-order valence-corrected chi connectivity index (χ0v) is 13.4. The van der Waals surface area contributed by atoms with Crippen LogP contribution in [0.15, 0.2) is 48.0 Å². The van der Waals surface area contributed by atoms with Crippen molar-refractivity contribution in [2.24, 2.45) is 0 Å². The standard InChI is InChI=1S/C18H12ClF3O3.Na.H/c19-14-8-12-7-13(17(23)24)16(18(20,21)22)25-15(12)9-11(14)6-10-4-2-1-3-5-10;;/h1-5,7-9,16H,6H2,(H,23,24);;/t16-;;/m0../s1. The van der Waals surface area contributed by atoms with Gasteiger partial charge in [0.15, 0.2) is 0 Å². The molecule has 2 aromatic rings. The number of ether oxygens (including phenoxy) is 1. The molecule has 1 aliphatic heterocycles. The molecule has 3 nitrogen and oxygen atoms in total. The molecule has 0 saturated carbocycles. The van der Waals surface area contributed by atoms with Gasteiger partial charge >= 0.3 is 41.7 Å². The number of hydrogen-bond donors (Lipinski definition) is 1. The molecule has 0 unspecified atom stereocenters. The summed E-state index contributed by atoms with van der Waals surface area (Å²) >= 11 is 6.21. The second kappa shape index (κ2) is 8.05. The Kier molecular flexibility index (Phi) is 6.45. The SMILES string of the molecule is O=C(O)C1=Cc2cc(Cl)c(Cc3ccccc3)cc2O[C@@H]1C(F)(F)F.[NaH]. The summed E-state index contributed by atoms with van der Waals surface area (Å²) in [6, 6.07) is 12.1. The van der Waals surface area contributed by atoms with Crippen LogP contribution in [0.4, 0.5) is 13.2 Å². The Balaban J connectivity index is 0.00000243. The Morgan fingerprint density at radius 1 is 1.19 bits per heavy atom. The minimum atomic E-state index is -4.83. The molecule has 0 spiro atoms. The Morgan fingerprint density at radius 3 is 2.42 bits per heavy atom. The molecule has 1 aliphatic rings. The van der Waals surface area contributed by atoms with Gasteiger partial charge in [-0.05, 0) is 35.8 Å². The number of alkyl halides is 3. The van der Waals surface area contributed by atoms with Crippen molar-refractivity contribution in [3.63, 3.8) is 0 Å². The van der Waals surface area contributed by atoms with Crippen LogP contribution in [0, 0.1) is 0 Å². The molecule has 0 bridgehead atoms. The number of fused-ring (bicyclic) bond motifs is 1. The van der Waals surface area contributed by atoms with E-state index in [1.54, 1.807) is 0 Å². The van der Waals surface area contributed by atoms with E-state index in [2.05, 4.69) is 0 Å². The van der Waals surface area contributed by atoms with Crippen LogP contribution >= 0.6 is 11.6 Å². The molecule has 1 atom stereocenters. The van der Waals surface area contributed by atoms with Crippen LogP contribution in [-0.4, -0.2) is 52.9 Å². The van der Waals surface area contributed by atoms with Crippen molar-refractivity contribution in [1.29, 1.82) is 0 Å². The molecule has 0 radical (unpaired) electrons. The van der Waals surface area contributed by atoms with E-state index in [0.29, 0.717) is 17.0 Å². The molecule has 1 heterocycles. The van der Waals surface area contributed by atoms with Crippen molar-refractivity contribution in [1.82, 2.24) is 0 Å². The number of halogens is 4. The summed E-state index contributed by atoms with van der Waals surface area (Å²) in [4.78, 5) is 11.1. The van der Waals surface area contributed by atoms with E-state index in [9.17, 15) is 18.0 Å². The van der Waals surface area contributed by atoms with Gasteiger partial charge < -0.3 is 9.84 Å². The molecule has 0 saturated heterocycles. The normalized spacial score (nSPS) is 16.0. The average molecular weight is 393 g/mol. The number of carboxylic acids is 1. The maximum atomic E-state index is 13.1. The molecule has 1 N–H and O–H groups in total. The quantitative estimate of drug-likeness (QED) is 0.801. The van der Waals surface area contributed by atoms with E-state index < -0.39 is 23.8 Å². The van der Waals surface area contributed by atoms with Gasteiger partial charge in [0, 0.05) is 10.6 Å². The molecule has 3 rings (SSSR count). The van der Waals surface area contributed by atoms with Crippen molar-refractivity contribution in [3.8, 4) is 5.75 Å². The number of carbonyl (C=O) groups is 1. The van der Waals surface area contributed by atoms with Gasteiger partial charge in [-0.3, -0.25) is 0 Å². The zero-order chi connectivity index (χ0) is 18.2. The summed E-state index contributed by atoms with van der Waals surface area (Å²) in [6.07, 6.45) is -5.97. The summed E-state index contributed by atoms with van der Waals surface area (Å²) in [5, 5.41) is 9.37. The van der Waals surface area contributed by atoms with Gasteiger partial charge in [0.1, 0.15) is 5.75 Å². The van der Waals surface area contributed by atoms with Crippen molar-refractivity contribution < 1.29 is 27.8 Å². The molecule has 0 aliphatic carbocycles. The Bertz CT molecular complexity index is 851. The number of aliphatic carboxylic acids is 1. The zero-order valence-electron chi connectivity index (χ0n) is 12.7. The summed E-state index contributed by atoms with van der Waals surface area (Å²) in [5.74, 6) is -1.72. The fourth-order valence-electron chi connectivity index (χ4n) is 2.63. The number of hydrogen-bond acceptors (Lipinski definition) is 2. The third-order valence-corrected chi connectivity index (χ3v) is 4.15. The van der Waals surface area contributed by atoms with Crippen LogP contribution in [0.25, 0.3) is 6.08 Å². The van der Waals surface area contributed by atoms with Crippen molar-refractivity contribution >= 4 is 53.2 Å². The van der Waals surface area contributed by atoms with E-state index in [0.717, 1.165) is 11.6 Å². The van der Waals surface area contributed by atoms with Gasteiger partial charge in [0.05, 0.1) is 5.57 Å². The van der Waals surface area contributed by atoms with Gasteiger partial charge in [-0.15, -0.1) is 0 Å². The Morgan fingerprint density at radius 2 is 1.85 bits per heavy atom. The van der Waals surface area contributed by atoms with Gasteiger partial charge in [-0.1, -0.05) is 41.9 Å². The number of benzene rings is 2. The first-order valence-electron chi connectivity index (χ1n) is 7.30. The third kappa shape index (κ3) is 4.43. The molecule has 8 heteroatoms. The minimum absolute atomic E-state index is 0. The maximum absolute atomic E-state index is 13.1. The molecular formula is C18H13ClF3NaO3. The first-order chi connectivity index (χ1) is 11.8. The molecule has 2 aromatic carbocycles. The summed E-state index contributed by atoms with van der Waals surface area (Å²) in [5.41, 5.74) is 0.876. The van der Waals surface area contributed by atoms with Crippen molar-refractivity contribution in [3.05, 3.63) is 69.8 Å². The Hall–Kier alpha value is -1.47. The van der Waals surface area contributed by atoms with Crippen LogP contribution in [0.5, 0.6) is 5.75 Å². The van der Waals surface area contributed by atoms with Crippen LogP contribution in [0.1, 0.15) is 16.7 Å². The van der Waals surface area contributed by atoms with E-state index in [4.69, 9.17) is 21.4 Å². The van der Waals surface area contributed by atoms with Gasteiger partial charge in [-0.25, -0.2) is 4.79 Å². The third-order valence-electron chi connectivity index (χ3n) is 3.80. The van der Waals surface area contributed by atoms with E-state index in [1.165, 1.54) is 12.1 Å².